The number of hydrogen-bond acceptors (Lipinski definition) is 4. The molecule has 0 saturated carbocycles. The second-order valence-electron chi connectivity index (χ2n) is 6.70. The quantitative estimate of drug-likeness (QED) is 0.848. The van der Waals surface area contributed by atoms with E-state index in [9.17, 15) is 14.4 Å². The van der Waals surface area contributed by atoms with Gasteiger partial charge in [0.15, 0.2) is 0 Å². The van der Waals surface area contributed by atoms with Crippen LogP contribution in [0.1, 0.15) is 41.5 Å². The molecular formula is C14H21N3O3. The van der Waals surface area contributed by atoms with Gasteiger partial charge in [0, 0.05) is 17.0 Å². The summed E-state index contributed by atoms with van der Waals surface area (Å²) in [6.45, 7) is 10.3. The van der Waals surface area contributed by atoms with Gasteiger partial charge in [0.2, 0.25) is 11.8 Å². The second kappa shape index (κ2) is 5.19. The van der Waals surface area contributed by atoms with Crippen LogP contribution in [-0.2, 0) is 9.59 Å². The Kier molecular flexibility index (Phi) is 4.17. The zero-order chi connectivity index (χ0) is 15.7. The van der Waals surface area contributed by atoms with Crippen molar-refractivity contribution in [1.82, 2.24) is 9.97 Å². The van der Waals surface area contributed by atoms with Gasteiger partial charge in [-0.2, -0.15) is 4.98 Å². The predicted octanol–water partition coefficient (Wildman–Crippen LogP) is 1.72. The number of carbonyl (C=O) groups is 2. The minimum absolute atomic E-state index is 0.0496. The second-order valence-corrected chi connectivity index (χ2v) is 6.70. The lowest BCUT2D eigenvalue weighted by atomic mass is 9.90. The van der Waals surface area contributed by atoms with Gasteiger partial charge in [-0.1, -0.05) is 41.5 Å². The molecule has 0 aliphatic rings. The lowest BCUT2D eigenvalue weighted by Gasteiger charge is -2.31. The lowest BCUT2D eigenvalue weighted by Crippen LogP contribution is -2.49. The highest BCUT2D eigenvalue weighted by Crippen LogP contribution is 2.26. The molecule has 0 atom stereocenters. The van der Waals surface area contributed by atoms with Gasteiger partial charge in [0.25, 0.3) is 0 Å². The van der Waals surface area contributed by atoms with Crippen molar-refractivity contribution >= 4 is 17.6 Å². The van der Waals surface area contributed by atoms with Crippen molar-refractivity contribution in [2.45, 2.75) is 41.5 Å². The van der Waals surface area contributed by atoms with Gasteiger partial charge in [-0.15, -0.1) is 0 Å². The van der Waals surface area contributed by atoms with Gasteiger partial charge in [-0.25, -0.2) is 9.69 Å². The fourth-order valence-corrected chi connectivity index (χ4v) is 1.46. The summed E-state index contributed by atoms with van der Waals surface area (Å²) in [5, 5.41) is 0. The molecule has 110 valence electrons. The van der Waals surface area contributed by atoms with Crippen LogP contribution in [0.3, 0.4) is 0 Å². The first kappa shape index (κ1) is 16.1. The van der Waals surface area contributed by atoms with E-state index in [2.05, 4.69) is 9.97 Å². The summed E-state index contributed by atoms with van der Waals surface area (Å²) in [4.78, 5) is 43.4. The Labute approximate surface area is 118 Å². The summed E-state index contributed by atoms with van der Waals surface area (Å²) in [6.07, 6.45) is 1.36. The summed E-state index contributed by atoms with van der Waals surface area (Å²) < 4.78 is 0. The molecule has 6 heteroatoms. The molecule has 6 nitrogen and oxygen atoms in total. The summed E-state index contributed by atoms with van der Waals surface area (Å²) >= 11 is 0. The van der Waals surface area contributed by atoms with Crippen LogP contribution < -0.4 is 10.6 Å². The van der Waals surface area contributed by atoms with Crippen molar-refractivity contribution in [3.63, 3.8) is 0 Å². The number of anilines is 1. The van der Waals surface area contributed by atoms with Crippen LogP contribution in [0.2, 0.25) is 0 Å². The minimum Gasteiger partial charge on any atom is -0.313 e. The summed E-state index contributed by atoms with van der Waals surface area (Å²) in [5.74, 6) is -0.736. The van der Waals surface area contributed by atoms with Crippen molar-refractivity contribution in [2.24, 2.45) is 10.8 Å². The maximum atomic E-state index is 12.5. The van der Waals surface area contributed by atoms with Crippen molar-refractivity contribution in [1.29, 1.82) is 0 Å². The van der Waals surface area contributed by atoms with E-state index in [4.69, 9.17) is 0 Å². The standard InChI is InChI=1S/C14H21N3O3/c1-13(2,3)10(18)17(11(19)14(4,5)6)9-7-8-15-12(20)16-9/h7-8H,1-6H3,(H,15,16,20). The van der Waals surface area contributed by atoms with E-state index in [0.29, 0.717) is 0 Å². The molecule has 0 aromatic carbocycles. The third kappa shape index (κ3) is 3.53. The zero-order valence-corrected chi connectivity index (χ0v) is 12.8. The Morgan fingerprint density at radius 2 is 1.50 bits per heavy atom. The average molecular weight is 279 g/mol. The van der Waals surface area contributed by atoms with E-state index in [1.54, 1.807) is 41.5 Å². The Morgan fingerprint density at radius 3 is 1.85 bits per heavy atom. The third-order valence-corrected chi connectivity index (χ3v) is 2.57. The van der Waals surface area contributed by atoms with Gasteiger partial charge >= 0.3 is 5.69 Å². The molecule has 0 aliphatic heterocycles. The van der Waals surface area contributed by atoms with E-state index in [1.807, 2.05) is 0 Å². The molecule has 1 aromatic rings. The summed E-state index contributed by atoms with van der Waals surface area (Å²) in [5.41, 5.74) is -2.12. The average Bonchev–Trinajstić information content (AvgIpc) is 2.26. The summed E-state index contributed by atoms with van der Waals surface area (Å²) in [6, 6.07) is 1.44. The number of nitrogens with zero attached hydrogens (tertiary/aromatic N) is 2. The molecule has 20 heavy (non-hydrogen) atoms. The largest absolute Gasteiger partial charge is 0.346 e. The third-order valence-electron chi connectivity index (χ3n) is 2.57. The highest BCUT2D eigenvalue weighted by atomic mass is 16.2. The number of aromatic amines is 1. The lowest BCUT2D eigenvalue weighted by molar-refractivity contribution is -0.134. The molecule has 1 aromatic heterocycles. The number of imide groups is 1. The molecule has 0 aliphatic carbocycles. The fourth-order valence-electron chi connectivity index (χ4n) is 1.46. The molecule has 0 radical (unpaired) electrons. The molecule has 0 bridgehead atoms. The maximum Gasteiger partial charge on any atom is 0.346 e. The Bertz CT molecular complexity index is 550. The van der Waals surface area contributed by atoms with Crippen molar-refractivity contribution in [3.05, 3.63) is 22.7 Å². The number of nitrogens with one attached hydrogen (secondary N) is 1. The molecule has 1 rings (SSSR count). The van der Waals surface area contributed by atoms with Crippen LogP contribution in [0.5, 0.6) is 0 Å². The normalized spacial score (nSPS) is 12.1. The van der Waals surface area contributed by atoms with Gasteiger partial charge in [-0.05, 0) is 6.07 Å². The molecule has 0 fully saturated rings. The van der Waals surface area contributed by atoms with E-state index in [0.717, 1.165) is 4.90 Å². The van der Waals surface area contributed by atoms with Crippen LogP contribution >= 0.6 is 0 Å². The van der Waals surface area contributed by atoms with Crippen LogP contribution in [0, 0.1) is 10.8 Å². The fraction of sp³-hybridized carbons (Fsp3) is 0.571. The predicted molar refractivity (Wildman–Crippen MR) is 76.3 cm³/mol. The topological polar surface area (TPSA) is 83.1 Å². The SMILES string of the molecule is CC(C)(C)C(=O)N(C(=O)C(C)(C)C)c1cc[nH]c(=O)n1. The Balaban J connectivity index is 3.40. The monoisotopic (exact) mass is 279 g/mol. The zero-order valence-electron chi connectivity index (χ0n) is 12.8. The Morgan fingerprint density at radius 1 is 1.05 bits per heavy atom. The number of amides is 2. The highest BCUT2D eigenvalue weighted by molar-refractivity contribution is 6.17. The summed E-state index contributed by atoms with van der Waals surface area (Å²) in [7, 11) is 0. The van der Waals surface area contributed by atoms with Crippen molar-refractivity contribution in [2.75, 3.05) is 4.90 Å². The first-order valence-corrected chi connectivity index (χ1v) is 6.39. The number of rotatable bonds is 1. The van der Waals surface area contributed by atoms with Gasteiger partial charge in [0.05, 0.1) is 0 Å². The Hall–Kier alpha value is -1.98. The number of aromatic nitrogens is 2. The first-order valence-electron chi connectivity index (χ1n) is 6.39. The van der Waals surface area contributed by atoms with Gasteiger partial charge in [0.1, 0.15) is 5.82 Å². The van der Waals surface area contributed by atoms with Crippen LogP contribution in [0.4, 0.5) is 5.82 Å². The minimum atomic E-state index is -0.759. The molecule has 1 N–H and O–H groups in total. The highest BCUT2D eigenvalue weighted by Gasteiger charge is 2.38. The molecule has 0 spiro atoms. The van der Waals surface area contributed by atoms with Gasteiger partial charge in [-0.3, -0.25) is 9.59 Å². The molecule has 0 saturated heterocycles. The van der Waals surface area contributed by atoms with Crippen LogP contribution in [-0.4, -0.2) is 21.8 Å². The van der Waals surface area contributed by atoms with Gasteiger partial charge < -0.3 is 4.98 Å². The van der Waals surface area contributed by atoms with Crippen molar-refractivity contribution in [3.8, 4) is 0 Å². The number of H-pyrrole nitrogens is 1. The van der Waals surface area contributed by atoms with E-state index in [-0.39, 0.29) is 5.82 Å². The molecular weight excluding hydrogens is 258 g/mol. The number of hydrogen-bond donors (Lipinski definition) is 1. The van der Waals surface area contributed by atoms with E-state index < -0.39 is 28.3 Å². The van der Waals surface area contributed by atoms with E-state index >= 15 is 0 Å². The van der Waals surface area contributed by atoms with Crippen molar-refractivity contribution < 1.29 is 9.59 Å². The molecule has 0 unspecified atom stereocenters. The molecule has 1 heterocycles. The first-order chi connectivity index (χ1) is 8.94. The van der Waals surface area contributed by atoms with E-state index in [1.165, 1.54) is 12.3 Å². The molecule has 2 amide bonds. The smallest absolute Gasteiger partial charge is 0.313 e. The number of carbonyl (C=O) groups excluding carboxylic acids is 2. The van der Waals surface area contributed by atoms with Crippen LogP contribution in [0.25, 0.3) is 0 Å². The van der Waals surface area contributed by atoms with Crippen LogP contribution in [0.15, 0.2) is 17.1 Å². The maximum absolute atomic E-state index is 12.5.